The van der Waals surface area contributed by atoms with Crippen LogP contribution in [0.4, 0.5) is 5.69 Å². The standard InChI is InChI=1S/C17H23ClN2.ClH/c18-14-8-13-10-19-6-7-20-11-12-4-2-1-3-5-15(12)16(9-14)17(13)20;/h8-9,12,15,19H,1-7,10-11H2;1H. The first-order valence-corrected chi connectivity index (χ1v) is 8.49. The van der Waals surface area contributed by atoms with Crippen molar-refractivity contribution in [3.63, 3.8) is 0 Å². The monoisotopic (exact) mass is 326 g/mol. The molecule has 1 aliphatic carbocycles. The Bertz CT molecular complexity index is 518. The lowest BCUT2D eigenvalue weighted by atomic mass is 9.77. The highest BCUT2D eigenvalue weighted by atomic mass is 35.5. The molecule has 2 aliphatic heterocycles. The van der Waals surface area contributed by atoms with Crippen molar-refractivity contribution in [2.45, 2.75) is 44.6 Å². The molecule has 2 heterocycles. The maximum atomic E-state index is 6.41. The number of nitrogens with zero attached hydrogens (tertiary/aromatic N) is 1. The minimum absolute atomic E-state index is 0. The van der Waals surface area contributed by atoms with E-state index in [-0.39, 0.29) is 12.4 Å². The van der Waals surface area contributed by atoms with Gasteiger partial charge in [0.15, 0.2) is 0 Å². The fraction of sp³-hybridized carbons (Fsp3) is 0.647. The molecule has 21 heavy (non-hydrogen) atoms. The van der Waals surface area contributed by atoms with Crippen LogP contribution >= 0.6 is 24.0 Å². The molecule has 1 aromatic rings. The number of hydrogen-bond acceptors (Lipinski definition) is 2. The lowest BCUT2D eigenvalue weighted by Crippen LogP contribution is -2.39. The summed E-state index contributed by atoms with van der Waals surface area (Å²) in [6.07, 6.45) is 6.97. The number of fused-ring (bicyclic) bond motifs is 2. The Balaban J connectivity index is 0.00000132. The maximum absolute atomic E-state index is 6.41. The zero-order chi connectivity index (χ0) is 13.5. The van der Waals surface area contributed by atoms with E-state index in [2.05, 4.69) is 22.3 Å². The van der Waals surface area contributed by atoms with Gasteiger partial charge in [-0.1, -0.05) is 30.9 Å². The second-order valence-corrected chi connectivity index (χ2v) is 7.07. The van der Waals surface area contributed by atoms with Crippen molar-refractivity contribution >= 4 is 29.7 Å². The van der Waals surface area contributed by atoms with Gasteiger partial charge >= 0.3 is 0 Å². The summed E-state index contributed by atoms with van der Waals surface area (Å²) in [6, 6.07) is 4.43. The SMILES string of the molecule is Cl.Clc1cc2c3c(c1)C1CCCCCC1CN3CCNC2. The van der Waals surface area contributed by atoms with Crippen LogP contribution in [0.15, 0.2) is 12.1 Å². The molecule has 0 aromatic heterocycles. The summed E-state index contributed by atoms with van der Waals surface area (Å²) in [5.41, 5.74) is 4.48. The lowest BCUT2D eigenvalue weighted by molar-refractivity contribution is 0.380. The Labute approximate surface area is 138 Å². The molecule has 1 saturated carbocycles. The first-order chi connectivity index (χ1) is 9.83. The first kappa shape index (κ1) is 15.5. The maximum Gasteiger partial charge on any atom is 0.0448 e. The summed E-state index contributed by atoms with van der Waals surface area (Å²) in [6.45, 7) is 4.46. The van der Waals surface area contributed by atoms with Gasteiger partial charge in [-0.2, -0.15) is 0 Å². The smallest absolute Gasteiger partial charge is 0.0448 e. The highest BCUT2D eigenvalue weighted by molar-refractivity contribution is 6.30. The van der Waals surface area contributed by atoms with Crippen molar-refractivity contribution in [2.24, 2.45) is 5.92 Å². The Hall–Kier alpha value is -0.440. The summed E-state index contributed by atoms with van der Waals surface area (Å²) in [5, 5.41) is 4.47. The molecule has 1 aromatic carbocycles. The minimum Gasteiger partial charge on any atom is -0.369 e. The Morgan fingerprint density at radius 2 is 2.00 bits per heavy atom. The molecule has 2 unspecified atom stereocenters. The van der Waals surface area contributed by atoms with Crippen LogP contribution in [0.1, 0.15) is 49.1 Å². The van der Waals surface area contributed by atoms with Crippen molar-refractivity contribution in [1.29, 1.82) is 0 Å². The molecular formula is C17H24Cl2N2. The molecule has 1 fully saturated rings. The third-order valence-electron chi connectivity index (χ3n) is 5.39. The van der Waals surface area contributed by atoms with Crippen molar-refractivity contribution in [3.05, 3.63) is 28.3 Å². The van der Waals surface area contributed by atoms with Crippen LogP contribution in [0.5, 0.6) is 0 Å². The fourth-order valence-electron chi connectivity index (χ4n) is 4.51. The predicted molar refractivity (Wildman–Crippen MR) is 91.9 cm³/mol. The molecule has 0 radical (unpaired) electrons. The quantitative estimate of drug-likeness (QED) is 0.762. The Morgan fingerprint density at radius 3 is 2.90 bits per heavy atom. The van der Waals surface area contributed by atoms with Crippen LogP contribution in [0.25, 0.3) is 0 Å². The van der Waals surface area contributed by atoms with Gasteiger partial charge in [-0.3, -0.25) is 0 Å². The highest BCUT2D eigenvalue weighted by Crippen LogP contribution is 2.47. The van der Waals surface area contributed by atoms with Crippen molar-refractivity contribution < 1.29 is 0 Å². The predicted octanol–water partition coefficient (Wildman–Crippen LogP) is 4.35. The van der Waals surface area contributed by atoms with Crippen molar-refractivity contribution in [2.75, 3.05) is 24.5 Å². The van der Waals surface area contributed by atoms with E-state index in [1.54, 1.807) is 5.56 Å². The van der Waals surface area contributed by atoms with Crippen LogP contribution < -0.4 is 10.2 Å². The second-order valence-electron chi connectivity index (χ2n) is 6.63. The summed E-state index contributed by atoms with van der Waals surface area (Å²) < 4.78 is 0. The van der Waals surface area contributed by atoms with Gasteiger partial charge in [0.1, 0.15) is 0 Å². The van der Waals surface area contributed by atoms with E-state index >= 15 is 0 Å². The van der Waals surface area contributed by atoms with Gasteiger partial charge in [0.05, 0.1) is 0 Å². The van der Waals surface area contributed by atoms with Gasteiger partial charge in [-0.25, -0.2) is 0 Å². The zero-order valence-corrected chi connectivity index (χ0v) is 14.0. The summed E-state index contributed by atoms with van der Waals surface area (Å²) in [5.74, 6) is 1.59. The molecule has 0 spiro atoms. The van der Waals surface area contributed by atoms with Crippen LogP contribution in [-0.2, 0) is 6.54 Å². The average Bonchev–Trinajstić information content (AvgIpc) is 2.78. The molecule has 116 valence electrons. The lowest BCUT2D eigenvalue weighted by Gasteiger charge is -2.41. The number of anilines is 1. The van der Waals surface area contributed by atoms with E-state index in [0.717, 1.165) is 36.5 Å². The van der Waals surface area contributed by atoms with Crippen LogP contribution in [-0.4, -0.2) is 19.6 Å². The van der Waals surface area contributed by atoms with Crippen molar-refractivity contribution in [1.82, 2.24) is 5.32 Å². The molecule has 2 atom stereocenters. The largest absolute Gasteiger partial charge is 0.369 e. The summed E-state index contributed by atoms with van der Waals surface area (Å²) >= 11 is 6.41. The van der Waals surface area contributed by atoms with E-state index in [9.17, 15) is 0 Å². The van der Waals surface area contributed by atoms with Gasteiger partial charge in [-0.05, 0) is 47.9 Å². The molecule has 4 heteroatoms. The number of rotatable bonds is 0. The van der Waals surface area contributed by atoms with Gasteiger partial charge in [0.2, 0.25) is 0 Å². The minimum atomic E-state index is 0. The zero-order valence-electron chi connectivity index (χ0n) is 12.4. The number of hydrogen-bond donors (Lipinski definition) is 1. The molecule has 3 aliphatic rings. The van der Waals surface area contributed by atoms with Gasteiger partial charge in [0, 0.05) is 36.9 Å². The van der Waals surface area contributed by atoms with Crippen molar-refractivity contribution in [3.8, 4) is 0 Å². The molecule has 1 N–H and O–H groups in total. The third kappa shape index (κ3) is 2.78. The van der Waals surface area contributed by atoms with E-state index in [4.69, 9.17) is 11.6 Å². The normalized spacial score (nSPS) is 27.8. The molecule has 4 rings (SSSR count). The summed E-state index contributed by atoms with van der Waals surface area (Å²) in [7, 11) is 0. The molecule has 0 amide bonds. The van der Waals surface area contributed by atoms with E-state index in [1.807, 2.05) is 0 Å². The highest BCUT2D eigenvalue weighted by Gasteiger charge is 2.36. The van der Waals surface area contributed by atoms with Crippen LogP contribution in [0, 0.1) is 5.92 Å². The third-order valence-corrected chi connectivity index (χ3v) is 5.60. The number of nitrogens with one attached hydrogen (secondary N) is 1. The van der Waals surface area contributed by atoms with Crippen LogP contribution in [0.3, 0.4) is 0 Å². The van der Waals surface area contributed by atoms with Gasteiger partial charge < -0.3 is 10.2 Å². The topological polar surface area (TPSA) is 15.3 Å². The van der Waals surface area contributed by atoms with Gasteiger partial charge in [0.25, 0.3) is 0 Å². The molecular weight excluding hydrogens is 303 g/mol. The summed E-state index contributed by atoms with van der Waals surface area (Å²) in [4.78, 5) is 2.63. The molecule has 0 saturated heterocycles. The Morgan fingerprint density at radius 1 is 1.14 bits per heavy atom. The first-order valence-electron chi connectivity index (χ1n) is 8.11. The number of benzene rings is 1. The molecule has 0 bridgehead atoms. The second kappa shape index (κ2) is 6.36. The molecule has 2 nitrogen and oxygen atoms in total. The average molecular weight is 327 g/mol. The van der Waals surface area contributed by atoms with Gasteiger partial charge in [-0.15, -0.1) is 12.4 Å². The fourth-order valence-corrected chi connectivity index (χ4v) is 4.76. The number of halogens is 2. The van der Waals surface area contributed by atoms with Crippen LogP contribution in [0.2, 0.25) is 5.02 Å². The van der Waals surface area contributed by atoms with E-state index in [1.165, 1.54) is 49.9 Å². The van der Waals surface area contributed by atoms with E-state index < -0.39 is 0 Å². The Kier molecular flexibility index (Phi) is 4.68. The van der Waals surface area contributed by atoms with E-state index in [0.29, 0.717) is 0 Å².